The molecule has 4 rings (SSSR count). The normalized spacial score (nSPS) is 22.8. The van der Waals surface area contributed by atoms with E-state index in [1.807, 2.05) is 6.07 Å². The summed E-state index contributed by atoms with van der Waals surface area (Å²) in [5.74, 6) is 1.27. The van der Waals surface area contributed by atoms with Crippen LogP contribution in [0.3, 0.4) is 0 Å². The van der Waals surface area contributed by atoms with Crippen molar-refractivity contribution in [1.29, 1.82) is 0 Å². The summed E-state index contributed by atoms with van der Waals surface area (Å²) in [5.41, 5.74) is 13.6. The Labute approximate surface area is 181 Å². The van der Waals surface area contributed by atoms with Crippen molar-refractivity contribution in [3.63, 3.8) is 0 Å². The number of hydrogen-bond acceptors (Lipinski definition) is 6. The van der Waals surface area contributed by atoms with Gasteiger partial charge < -0.3 is 21.5 Å². The minimum Gasteiger partial charge on any atom is -0.384 e. The first-order valence-electron chi connectivity index (χ1n) is 10.7. The predicted molar refractivity (Wildman–Crippen MR) is 118 cm³/mol. The topological polar surface area (TPSA) is 99.1 Å². The van der Waals surface area contributed by atoms with Crippen LogP contribution in [0.2, 0.25) is 5.02 Å². The van der Waals surface area contributed by atoms with Crippen LogP contribution in [0, 0.1) is 11.7 Å². The third-order valence-corrected chi connectivity index (χ3v) is 6.64. The average molecular weight is 434 g/mol. The lowest BCUT2D eigenvalue weighted by Crippen LogP contribution is -2.26. The molecule has 2 aromatic heterocycles. The van der Waals surface area contributed by atoms with Crippen LogP contribution in [0.4, 0.5) is 16.0 Å². The molecule has 162 valence electrons. The van der Waals surface area contributed by atoms with Gasteiger partial charge in [0.05, 0.1) is 16.9 Å². The molecular weight excluding hydrogens is 405 g/mol. The Kier molecular flexibility index (Phi) is 6.71. The minimum atomic E-state index is -0.489. The lowest BCUT2D eigenvalue weighted by Gasteiger charge is -2.28. The quantitative estimate of drug-likeness (QED) is 0.648. The number of anilines is 2. The first-order valence-corrected chi connectivity index (χ1v) is 11.1. The lowest BCUT2D eigenvalue weighted by atomic mass is 9.82. The molecule has 3 heterocycles. The number of halogens is 2. The van der Waals surface area contributed by atoms with Gasteiger partial charge in [-0.05, 0) is 68.1 Å². The second kappa shape index (κ2) is 9.45. The van der Waals surface area contributed by atoms with E-state index >= 15 is 0 Å². The van der Waals surface area contributed by atoms with Crippen LogP contribution in [0.5, 0.6) is 0 Å². The number of nitrogen functional groups attached to an aromatic ring is 1. The van der Waals surface area contributed by atoms with Gasteiger partial charge in [-0.3, -0.25) is 0 Å². The van der Waals surface area contributed by atoms with E-state index in [4.69, 9.17) is 27.8 Å². The maximum Gasteiger partial charge on any atom is 0.151 e. The van der Waals surface area contributed by atoms with Crippen LogP contribution in [-0.4, -0.2) is 35.8 Å². The Balaban J connectivity index is 1.68. The van der Waals surface area contributed by atoms with Crippen molar-refractivity contribution >= 4 is 23.2 Å². The highest BCUT2D eigenvalue weighted by molar-refractivity contribution is 6.34. The van der Waals surface area contributed by atoms with Crippen LogP contribution < -0.4 is 16.8 Å². The predicted octanol–water partition coefficient (Wildman–Crippen LogP) is 4.34. The Morgan fingerprint density at radius 2 is 1.87 bits per heavy atom. The fourth-order valence-electron chi connectivity index (χ4n) is 4.38. The standard InChI is InChI=1S/C22H29ClFN5O/c23-21-16(14-1-3-15(25)4-2-14)10-20(28-11-13-5-7-30-8-6-13)29-22(21)17-9-19(26)27-12-18(17)24/h9-10,12-15H,1-8,11,25H2,(H2,26,27)(H,28,29)/t14-,15-. The molecule has 1 aliphatic carbocycles. The van der Waals surface area contributed by atoms with E-state index in [1.54, 1.807) is 0 Å². The summed E-state index contributed by atoms with van der Waals surface area (Å²) in [6.45, 7) is 2.38. The first kappa shape index (κ1) is 21.3. The molecule has 0 radical (unpaired) electrons. The largest absolute Gasteiger partial charge is 0.384 e. The molecule has 2 aliphatic rings. The van der Waals surface area contributed by atoms with Crippen molar-refractivity contribution in [3.8, 4) is 11.3 Å². The number of nitrogens with one attached hydrogen (secondary N) is 1. The van der Waals surface area contributed by atoms with E-state index in [0.29, 0.717) is 22.5 Å². The molecule has 6 nitrogen and oxygen atoms in total. The van der Waals surface area contributed by atoms with Gasteiger partial charge in [-0.1, -0.05) is 11.6 Å². The van der Waals surface area contributed by atoms with Crippen molar-refractivity contribution in [2.75, 3.05) is 30.8 Å². The molecule has 0 spiro atoms. The number of aromatic nitrogens is 2. The minimum absolute atomic E-state index is 0.232. The number of hydrogen-bond donors (Lipinski definition) is 3. The molecule has 0 aromatic carbocycles. The molecule has 5 N–H and O–H groups in total. The molecule has 0 amide bonds. The maximum atomic E-state index is 14.6. The van der Waals surface area contributed by atoms with Crippen molar-refractivity contribution in [2.45, 2.75) is 50.5 Å². The first-order chi connectivity index (χ1) is 14.5. The van der Waals surface area contributed by atoms with Gasteiger partial charge in [0.1, 0.15) is 11.6 Å². The molecule has 0 unspecified atom stereocenters. The van der Waals surface area contributed by atoms with E-state index in [-0.39, 0.29) is 23.3 Å². The molecule has 30 heavy (non-hydrogen) atoms. The number of pyridine rings is 2. The van der Waals surface area contributed by atoms with Crippen LogP contribution in [0.1, 0.15) is 50.0 Å². The van der Waals surface area contributed by atoms with E-state index in [9.17, 15) is 4.39 Å². The smallest absolute Gasteiger partial charge is 0.151 e. The zero-order valence-electron chi connectivity index (χ0n) is 17.0. The lowest BCUT2D eigenvalue weighted by molar-refractivity contribution is 0.0699. The number of nitrogens with two attached hydrogens (primary N) is 2. The molecule has 1 saturated carbocycles. The Bertz CT molecular complexity index is 882. The number of nitrogens with zero attached hydrogens (tertiary/aromatic N) is 2. The summed E-state index contributed by atoms with van der Waals surface area (Å²) in [6.07, 6.45) is 7.01. The third kappa shape index (κ3) is 4.85. The van der Waals surface area contributed by atoms with Gasteiger partial charge in [-0.25, -0.2) is 14.4 Å². The Morgan fingerprint density at radius 3 is 2.60 bits per heavy atom. The zero-order valence-corrected chi connectivity index (χ0v) is 17.8. The molecule has 8 heteroatoms. The second-order valence-corrected chi connectivity index (χ2v) is 8.77. The van der Waals surface area contributed by atoms with E-state index in [0.717, 1.165) is 70.0 Å². The Hall–Kier alpha value is -1.96. The van der Waals surface area contributed by atoms with Crippen molar-refractivity contribution in [3.05, 3.63) is 34.7 Å². The fourth-order valence-corrected chi connectivity index (χ4v) is 4.73. The maximum absolute atomic E-state index is 14.6. The van der Waals surface area contributed by atoms with E-state index in [2.05, 4.69) is 15.3 Å². The molecule has 0 atom stereocenters. The molecule has 1 aliphatic heterocycles. The third-order valence-electron chi connectivity index (χ3n) is 6.24. The zero-order chi connectivity index (χ0) is 21.1. The molecular formula is C22H29ClFN5O. The van der Waals surface area contributed by atoms with Gasteiger partial charge in [0, 0.05) is 31.4 Å². The molecule has 2 fully saturated rings. The highest BCUT2D eigenvalue weighted by Gasteiger charge is 2.26. The van der Waals surface area contributed by atoms with E-state index in [1.165, 1.54) is 6.07 Å². The monoisotopic (exact) mass is 433 g/mol. The van der Waals surface area contributed by atoms with Gasteiger partial charge in [-0.15, -0.1) is 0 Å². The summed E-state index contributed by atoms with van der Waals surface area (Å²) in [4.78, 5) is 8.50. The summed E-state index contributed by atoms with van der Waals surface area (Å²) in [6, 6.07) is 3.76. The van der Waals surface area contributed by atoms with Gasteiger partial charge >= 0.3 is 0 Å². The molecule has 0 bridgehead atoms. The Morgan fingerprint density at radius 1 is 1.13 bits per heavy atom. The van der Waals surface area contributed by atoms with Crippen LogP contribution in [0.25, 0.3) is 11.3 Å². The molecule has 1 saturated heterocycles. The highest BCUT2D eigenvalue weighted by atomic mass is 35.5. The van der Waals surface area contributed by atoms with Gasteiger partial charge in [-0.2, -0.15) is 0 Å². The van der Waals surface area contributed by atoms with Crippen LogP contribution in [0.15, 0.2) is 18.3 Å². The molecule has 2 aromatic rings. The summed E-state index contributed by atoms with van der Waals surface area (Å²) < 4.78 is 20.0. The highest BCUT2D eigenvalue weighted by Crippen LogP contribution is 2.41. The van der Waals surface area contributed by atoms with Crippen LogP contribution >= 0.6 is 11.6 Å². The van der Waals surface area contributed by atoms with Crippen LogP contribution in [-0.2, 0) is 4.74 Å². The van der Waals surface area contributed by atoms with Gasteiger partial charge in [0.2, 0.25) is 0 Å². The van der Waals surface area contributed by atoms with Gasteiger partial charge in [0.25, 0.3) is 0 Å². The van der Waals surface area contributed by atoms with Gasteiger partial charge in [0.15, 0.2) is 5.82 Å². The SMILES string of the molecule is Nc1cc(-c2nc(NCC3CCOCC3)cc([C@H]3CC[C@H](N)CC3)c2Cl)c(F)cn1. The summed E-state index contributed by atoms with van der Waals surface area (Å²) >= 11 is 6.79. The summed E-state index contributed by atoms with van der Waals surface area (Å²) in [7, 11) is 0. The average Bonchev–Trinajstić information content (AvgIpc) is 2.76. The summed E-state index contributed by atoms with van der Waals surface area (Å²) in [5, 5.41) is 3.94. The van der Waals surface area contributed by atoms with Crippen molar-refractivity contribution < 1.29 is 9.13 Å². The van der Waals surface area contributed by atoms with Crippen molar-refractivity contribution in [1.82, 2.24) is 9.97 Å². The number of rotatable bonds is 5. The number of ether oxygens (including phenoxy) is 1. The second-order valence-electron chi connectivity index (χ2n) is 8.40. The fraction of sp³-hybridized carbons (Fsp3) is 0.545. The van der Waals surface area contributed by atoms with E-state index < -0.39 is 5.82 Å². The van der Waals surface area contributed by atoms with Crippen molar-refractivity contribution in [2.24, 2.45) is 11.7 Å².